The fourth-order valence-electron chi connectivity index (χ4n) is 4.45. The number of amides is 2. The maximum Gasteiger partial charge on any atom is 0.243 e. The average Bonchev–Trinajstić information content (AvgIpc) is 2.89. The number of rotatable bonds is 13. The number of likely N-dealkylation sites (N-methyl/N-ethyl adjacent to an activating group) is 1. The van der Waals surface area contributed by atoms with Gasteiger partial charge in [0.2, 0.25) is 21.8 Å². The predicted octanol–water partition coefficient (Wildman–Crippen LogP) is 4.97. The van der Waals surface area contributed by atoms with E-state index in [-0.39, 0.29) is 37.7 Å². The normalized spacial score (nSPS) is 12.0. The van der Waals surface area contributed by atoms with Gasteiger partial charge in [-0.25, -0.2) is 8.42 Å². The second-order valence-electron chi connectivity index (χ2n) is 9.47. The summed E-state index contributed by atoms with van der Waals surface area (Å²) < 4.78 is 26.3. The zero-order valence-electron chi connectivity index (χ0n) is 22.6. The molecular weight excluding hydrogens is 534 g/mol. The van der Waals surface area contributed by atoms with Gasteiger partial charge >= 0.3 is 0 Å². The van der Waals surface area contributed by atoms with E-state index in [2.05, 4.69) is 5.32 Å². The smallest absolute Gasteiger partial charge is 0.243 e. The number of hydrogen-bond donors (Lipinski definition) is 1. The number of halogens is 1. The molecular formula is C30H36ClN3O4S. The SMILES string of the molecule is CCNC(=O)[C@@H](Cc1ccccc1)N(Cc1ccccc1C)C(=O)CCCN(c1cccc(Cl)c1)S(C)(=O)=O. The molecule has 208 valence electrons. The zero-order valence-corrected chi connectivity index (χ0v) is 24.2. The molecule has 0 bridgehead atoms. The van der Waals surface area contributed by atoms with Crippen molar-refractivity contribution in [2.24, 2.45) is 0 Å². The van der Waals surface area contributed by atoms with Crippen LogP contribution in [0.25, 0.3) is 0 Å². The van der Waals surface area contributed by atoms with Crippen molar-refractivity contribution in [2.45, 2.75) is 45.7 Å². The lowest BCUT2D eigenvalue weighted by Gasteiger charge is -2.32. The number of anilines is 1. The molecule has 0 aliphatic carbocycles. The van der Waals surface area contributed by atoms with Crippen LogP contribution < -0.4 is 9.62 Å². The molecule has 3 aromatic carbocycles. The van der Waals surface area contributed by atoms with E-state index in [1.165, 1.54) is 4.31 Å². The molecule has 39 heavy (non-hydrogen) atoms. The quantitative estimate of drug-likeness (QED) is 0.315. The Morgan fingerprint density at radius 2 is 1.67 bits per heavy atom. The van der Waals surface area contributed by atoms with Crippen molar-refractivity contribution in [2.75, 3.05) is 23.7 Å². The number of sulfonamides is 1. The minimum absolute atomic E-state index is 0.0726. The monoisotopic (exact) mass is 569 g/mol. The Bertz CT molecular complexity index is 1370. The van der Waals surface area contributed by atoms with Gasteiger partial charge in [0.15, 0.2) is 0 Å². The Kier molecular flexibility index (Phi) is 10.9. The lowest BCUT2D eigenvalue weighted by molar-refractivity contribution is -0.141. The maximum atomic E-state index is 13.8. The van der Waals surface area contributed by atoms with Gasteiger partial charge < -0.3 is 10.2 Å². The largest absolute Gasteiger partial charge is 0.355 e. The van der Waals surface area contributed by atoms with Crippen molar-refractivity contribution >= 4 is 39.1 Å². The Balaban J connectivity index is 1.87. The van der Waals surface area contributed by atoms with E-state index < -0.39 is 16.1 Å². The van der Waals surface area contributed by atoms with Crippen LogP contribution >= 0.6 is 11.6 Å². The van der Waals surface area contributed by atoms with E-state index >= 15 is 0 Å². The Labute approximate surface area is 236 Å². The number of aryl methyl sites for hydroxylation is 1. The first-order chi connectivity index (χ1) is 18.6. The molecule has 0 heterocycles. The van der Waals surface area contributed by atoms with E-state index in [1.807, 2.05) is 68.4 Å². The van der Waals surface area contributed by atoms with Crippen molar-refractivity contribution in [3.63, 3.8) is 0 Å². The van der Waals surface area contributed by atoms with Crippen LogP contribution in [0, 0.1) is 6.92 Å². The van der Waals surface area contributed by atoms with Crippen LogP contribution in [0.1, 0.15) is 36.5 Å². The van der Waals surface area contributed by atoms with E-state index in [4.69, 9.17) is 11.6 Å². The molecule has 0 radical (unpaired) electrons. The molecule has 0 saturated carbocycles. The van der Waals surface area contributed by atoms with Crippen LogP contribution in [-0.2, 0) is 32.6 Å². The standard InChI is InChI=1S/C30H36ClN3O4S/c1-4-32-30(36)28(20-24-13-6-5-7-14-24)33(22-25-15-9-8-12-23(25)2)29(35)18-11-19-34(39(3,37)38)27-17-10-16-26(31)21-27/h5-10,12-17,21,28H,4,11,18-20,22H2,1-3H3,(H,32,36)/t28-/m1/s1. The first-order valence-corrected chi connectivity index (χ1v) is 15.2. The van der Waals surface area contributed by atoms with E-state index in [0.29, 0.717) is 23.7 Å². The summed E-state index contributed by atoms with van der Waals surface area (Å²) in [6, 6.07) is 23.3. The summed E-state index contributed by atoms with van der Waals surface area (Å²) in [7, 11) is -3.60. The van der Waals surface area contributed by atoms with Crippen LogP contribution in [0.4, 0.5) is 5.69 Å². The van der Waals surface area contributed by atoms with Crippen molar-refractivity contribution in [1.82, 2.24) is 10.2 Å². The van der Waals surface area contributed by atoms with Crippen LogP contribution in [-0.4, -0.2) is 50.5 Å². The number of carbonyl (C=O) groups excluding carboxylic acids is 2. The fraction of sp³-hybridized carbons (Fsp3) is 0.333. The first-order valence-electron chi connectivity index (χ1n) is 13.0. The van der Waals surface area contributed by atoms with Crippen molar-refractivity contribution in [1.29, 1.82) is 0 Å². The number of carbonyl (C=O) groups is 2. The van der Waals surface area contributed by atoms with Gasteiger partial charge in [-0.2, -0.15) is 0 Å². The summed E-state index contributed by atoms with van der Waals surface area (Å²) in [4.78, 5) is 28.7. The second-order valence-corrected chi connectivity index (χ2v) is 11.8. The Morgan fingerprint density at radius 1 is 0.974 bits per heavy atom. The number of benzene rings is 3. The number of nitrogens with zero attached hydrogens (tertiary/aromatic N) is 2. The first kappa shape index (κ1) is 30.2. The molecule has 7 nitrogen and oxygen atoms in total. The van der Waals surface area contributed by atoms with Gasteiger partial charge in [-0.3, -0.25) is 13.9 Å². The topological polar surface area (TPSA) is 86.8 Å². The highest BCUT2D eigenvalue weighted by Gasteiger charge is 2.30. The van der Waals surface area contributed by atoms with Gasteiger partial charge in [-0.05, 0) is 55.2 Å². The molecule has 0 fully saturated rings. The maximum absolute atomic E-state index is 13.8. The highest BCUT2D eigenvalue weighted by atomic mass is 35.5. The molecule has 0 aromatic heterocycles. The van der Waals surface area contributed by atoms with Gasteiger partial charge in [0.1, 0.15) is 6.04 Å². The van der Waals surface area contributed by atoms with Crippen LogP contribution in [0.2, 0.25) is 5.02 Å². The van der Waals surface area contributed by atoms with Crippen LogP contribution in [0.5, 0.6) is 0 Å². The molecule has 2 amide bonds. The molecule has 0 aliphatic heterocycles. The van der Waals surface area contributed by atoms with Crippen molar-refractivity contribution in [3.8, 4) is 0 Å². The summed E-state index contributed by atoms with van der Waals surface area (Å²) >= 11 is 6.09. The summed E-state index contributed by atoms with van der Waals surface area (Å²) in [5.41, 5.74) is 3.36. The highest BCUT2D eigenvalue weighted by Crippen LogP contribution is 2.23. The third-order valence-electron chi connectivity index (χ3n) is 6.47. The summed E-state index contributed by atoms with van der Waals surface area (Å²) in [6.07, 6.45) is 1.84. The minimum Gasteiger partial charge on any atom is -0.355 e. The summed E-state index contributed by atoms with van der Waals surface area (Å²) in [5, 5.41) is 3.31. The lowest BCUT2D eigenvalue weighted by Crippen LogP contribution is -2.50. The van der Waals surface area contributed by atoms with E-state index in [9.17, 15) is 18.0 Å². The molecule has 0 aliphatic rings. The lowest BCUT2D eigenvalue weighted by atomic mass is 10.0. The fourth-order valence-corrected chi connectivity index (χ4v) is 5.59. The molecule has 3 rings (SSSR count). The van der Waals surface area contributed by atoms with Crippen molar-refractivity contribution < 1.29 is 18.0 Å². The molecule has 1 N–H and O–H groups in total. The molecule has 1 atom stereocenters. The Hall–Kier alpha value is -3.36. The number of nitrogens with one attached hydrogen (secondary N) is 1. The van der Waals surface area contributed by atoms with Gasteiger partial charge in [0, 0.05) is 37.5 Å². The third kappa shape index (κ3) is 8.83. The minimum atomic E-state index is -3.60. The third-order valence-corrected chi connectivity index (χ3v) is 7.90. The van der Waals surface area contributed by atoms with Gasteiger partial charge in [0.25, 0.3) is 0 Å². The second kappa shape index (κ2) is 14.1. The zero-order chi connectivity index (χ0) is 28.4. The average molecular weight is 570 g/mol. The molecule has 9 heteroatoms. The Morgan fingerprint density at radius 3 is 2.31 bits per heavy atom. The molecule has 3 aromatic rings. The van der Waals surface area contributed by atoms with Crippen LogP contribution in [0.15, 0.2) is 78.9 Å². The highest BCUT2D eigenvalue weighted by molar-refractivity contribution is 7.92. The van der Waals surface area contributed by atoms with Gasteiger partial charge in [-0.1, -0.05) is 72.3 Å². The predicted molar refractivity (Wildman–Crippen MR) is 157 cm³/mol. The van der Waals surface area contributed by atoms with E-state index in [0.717, 1.165) is 22.9 Å². The van der Waals surface area contributed by atoms with Gasteiger partial charge in [-0.15, -0.1) is 0 Å². The van der Waals surface area contributed by atoms with Gasteiger partial charge in [0.05, 0.1) is 11.9 Å². The number of hydrogen-bond acceptors (Lipinski definition) is 4. The summed E-state index contributed by atoms with van der Waals surface area (Å²) in [5.74, 6) is -0.440. The van der Waals surface area contributed by atoms with Crippen molar-refractivity contribution in [3.05, 3.63) is 101 Å². The molecule has 0 saturated heterocycles. The van der Waals surface area contributed by atoms with E-state index in [1.54, 1.807) is 29.2 Å². The summed E-state index contributed by atoms with van der Waals surface area (Å²) in [6.45, 7) is 4.64. The molecule has 0 spiro atoms. The van der Waals surface area contributed by atoms with Crippen LogP contribution in [0.3, 0.4) is 0 Å². The molecule has 0 unspecified atom stereocenters.